The van der Waals surface area contributed by atoms with Crippen molar-refractivity contribution in [1.29, 1.82) is 0 Å². The molecular weight excluding hydrogens is 240 g/mol. The molecule has 0 aliphatic heterocycles. The van der Waals surface area contributed by atoms with E-state index in [0.29, 0.717) is 13.0 Å². The summed E-state index contributed by atoms with van der Waals surface area (Å²) in [5.74, 6) is 1.72. The van der Waals surface area contributed by atoms with Crippen molar-refractivity contribution in [2.45, 2.75) is 40.5 Å². The molecule has 0 aliphatic rings. The summed E-state index contributed by atoms with van der Waals surface area (Å²) in [7, 11) is 0. The number of nitrogens with zero attached hydrogens (tertiary/aromatic N) is 2. The molecule has 1 aromatic rings. The maximum absolute atomic E-state index is 10.9. The van der Waals surface area contributed by atoms with Gasteiger partial charge in [0.15, 0.2) is 0 Å². The number of aromatic nitrogens is 2. The van der Waals surface area contributed by atoms with Crippen LogP contribution in [-0.4, -0.2) is 28.8 Å². The van der Waals surface area contributed by atoms with Crippen molar-refractivity contribution in [3.8, 4) is 0 Å². The van der Waals surface area contributed by atoms with Crippen molar-refractivity contribution in [3.63, 3.8) is 0 Å². The van der Waals surface area contributed by atoms with Gasteiger partial charge in [0.05, 0.1) is 0 Å². The zero-order valence-electron chi connectivity index (χ0n) is 12.3. The molecular formula is C14H24N4O. The van der Waals surface area contributed by atoms with E-state index >= 15 is 0 Å². The monoisotopic (exact) mass is 264 g/mol. The SMILES string of the molecule is CCC(C)(C)CNc1cc(NCCC(C)=O)ncn1. The van der Waals surface area contributed by atoms with Gasteiger partial charge in [0.1, 0.15) is 23.7 Å². The van der Waals surface area contributed by atoms with Crippen molar-refractivity contribution >= 4 is 17.4 Å². The second-order valence-corrected chi connectivity index (χ2v) is 5.54. The first-order chi connectivity index (χ1) is 8.93. The Balaban J connectivity index is 2.50. The summed E-state index contributed by atoms with van der Waals surface area (Å²) in [6, 6.07) is 1.87. The van der Waals surface area contributed by atoms with Gasteiger partial charge >= 0.3 is 0 Å². The molecule has 0 aromatic carbocycles. The van der Waals surface area contributed by atoms with Crippen LogP contribution in [0.15, 0.2) is 12.4 Å². The molecule has 106 valence electrons. The van der Waals surface area contributed by atoms with Crippen LogP contribution in [0.4, 0.5) is 11.6 Å². The van der Waals surface area contributed by atoms with E-state index in [1.165, 1.54) is 6.33 Å². The van der Waals surface area contributed by atoms with Crippen molar-refractivity contribution in [2.24, 2.45) is 5.41 Å². The van der Waals surface area contributed by atoms with Crippen molar-refractivity contribution in [1.82, 2.24) is 9.97 Å². The molecule has 0 unspecified atom stereocenters. The molecule has 19 heavy (non-hydrogen) atoms. The minimum atomic E-state index is 0.171. The standard InChI is InChI=1S/C14H24N4O/c1-5-14(3,4)9-16-13-8-12(17-10-18-13)15-7-6-11(2)19/h8,10H,5-7,9H2,1-4H3,(H2,15,16,17,18). The van der Waals surface area contributed by atoms with Gasteiger partial charge in [0.25, 0.3) is 0 Å². The second kappa shape index (κ2) is 7.07. The molecule has 2 N–H and O–H groups in total. The van der Waals surface area contributed by atoms with Crippen molar-refractivity contribution in [3.05, 3.63) is 12.4 Å². The third-order valence-electron chi connectivity index (χ3n) is 3.16. The zero-order chi connectivity index (χ0) is 14.3. The number of carbonyl (C=O) groups excluding carboxylic acids is 1. The summed E-state index contributed by atoms with van der Waals surface area (Å²) in [6.45, 7) is 9.66. The largest absolute Gasteiger partial charge is 0.369 e. The lowest BCUT2D eigenvalue weighted by Gasteiger charge is -2.23. The molecule has 1 heterocycles. The second-order valence-electron chi connectivity index (χ2n) is 5.54. The highest BCUT2D eigenvalue weighted by Gasteiger charge is 2.14. The van der Waals surface area contributed by atoms with Crippen LogP contribution in [0.25, 0.3) is 0 Å². The molecule has 0 radical (unpaired) electrons. The quantitative estimate of drug-likeness (QED) is 0.755. The predicted octanol–water partition coefficient (Wildman–Crippen LogP) is 2.72. The first-order valence-electron chi connectivity index (χ1n) is 6.72. The molecule has 5 heteroatoms. The third-order valence-corrected chi connectivity index (χ3v) is 3.16. The molecule has 5 nitrogen and oxygen atoms in total. The van der Waals surface area contributed by atoms with Gasteiger partial charge in [-0.05, 0) is 18.8 Å². The first kappa shape index (κ1) is 15.4. The van der Waals surface area contributed by atoms with E-state index in [2.05, 4.69) is 41.4 Å². The number of hydrogen-bond acceptors (Lipinski definition) is 5. The minimum Gasteiger partial charge on any atom is -0.369 e. The van der Waals surface area contributed by atoms with Crippen molar-refractivity contribution < 1.29 is 4.79 Å². The Hall–Kier alpha value is -1.65. The molecule has 0 bridgehead atoms. The Morgan fingerprint density at radius 2 is 1.89 bits per heavy atom. The van der Waals surface area contributed by atoms with Gasteiger partial charge in [-0.1, -0.05) is 20.8 Å². The summed E-state index contributed by atoms with van der Waals surface area (Å²) in [5.41, 5.74) is 0.243. The highest BCUT2D eigenvalue weighted by Crippen LogP contribution is 2.20. The summed E-state index contributed by atoms with van der Waals surface area (Å²) in [4.78, 5) is 19.2. The molecule has 0 aliphatic carbocycles. The maximum atomic E-state index is 10.9. The lowest BCUT2D eigenvalue weighted by Crippen LogP contribution is -2.22. The molecule has 1 rings (SSSR count). The van der Waals surface area contributed by atoms with E-state index in [1.807, 2.05) is 6.07 Å². The average molecular weight is 264 g/mol. The van der Waals surface area contributed by atoms with E-state index < -0.39 is 0 Å². The fraction of sp³-hybridized carbons (Fsp3) is 0.643. The van der Waals surface area contributed by atoms with Gasteiger partial charge in [0.2, 0.25) is 0 Å². The van der Waals surface area contributed by atoms with E-state index in [9.17, 15) is 4.79 Å². The number of carbonyl (C=O) groups is 1. The van der Waals surface area contributed by atoms with E-state index in [4.69, 9.17) is 0 Å². The molecule has 1 aromatic heterocycles. The molecule has 0 atom stereocenters. The summed E-state index contributed by atoms with van der Waals surface area (Å²) in [6.07, 6.45) is 3.14. The summed E-state index contributed by atoms with van der Waals surface area (Å²) < 4.78 is 0. The number of ketones is 1. The van der Waals surface area contributed by atoms with Crippen molar-refractivity contribution in [2.75, 3.05) is 23.7 Å². The van der Waals surface area contributed by atoms with E-state index in [-0.39, 0.29) is 11.2 Å². The minimum absolute atomic E-state index is 0.171. The zero-order valence-corrected chi connectivity index (χ0v) is 12.3. The molecule has 0 spiro atoms. The van der Waals surface area contributed by atoms with Gasteiger partial charge in [-0.2, -0.15) is 0 Å². The Bertz CT molecular complexity index is 418. The third kappa shape index (κ3) is 6.18. The Kier molecular flexibility index (Phi) is 5.73. The maximum Gasteiger partial charge on any atom is 0.131 e. The fourth-order valence-corrected chi connectivity index (χ4v) is 1.37. The summed E-state index contributed by atoms with van der Waals surface area (Å²) in [5, 5.41) is 6.43. The average Bonchev–Trinajstić information content (AvgIpc) is 2.37. The summed E-state index contributed by atoms with van der Waals surface area (Å²) >= 11 is 0. The smallest absolute Gasteiger partial charge is 0.131 e. The molecule has 0 saturated carbocycles. The van der Waals surface area contributed by atoms with E-state index in [1.54, 1.807) is 6.92 Å². The normalized spacial score (nSPS) is 11.2. The molecule has 0 saturated heterocycles. The van der Waals surface area contributed by atoms with Gasteiger partial charge in [-0.3, -0.25) is 4.79 Å². The lowest BCUT2D eigenvalue weighted by atomic mass is 9.90. The van der Waals surface area contributed by atoms with Crippen LogP contribution in [0.5, 0.6) is 0 Å². The molecule has 0 fully saturated rings. The highest BCUT2D eigenvalue weighted by atomic mass is 16.1. The molecule has 0 amide bonds. The fourth-order valence-electron chi connectivity index (χ4n) is 1.37. The van der Waals surface area contributed by atoms with Crippen LogP contribution < -0.4 is 10.6 Å². The topological polar surface area (TPSA) is 66.9 Å². The van der Waals surface area contributed by atoms with Gasteiger partial charge in [-0.25, -0.2) is 9.97 Å². The van der Waals surface area contributed by atoms with Gasteiger partial charge in [0, 0.05) is 25.6 Å². The number of anilines is 2. The Morgan fingerprint density at radius 1 is 1.26 bits per heavy atom. The van der Waals surface area contributed by atoms with Crippen LogP contribution in [0, 0.1) is 5.41 Å². The number of Topliss-reactive ketones (excluding diaryl/α,β-unsaturated/α-hetero) is 1. The van der Waals surface area contributed by atoms with Gasteiger partial charge in [-0.15, -0.1) is 0 Å². The van der Waals surface area contributed by atoms with Crippen LogP contribution in [0.1, 0.15) is 40.5 Å². The Morgan fingerprint density at radius 3 is 2.47 bits per heavy atom. The van der Waals surface area contributed by atoms with E-state index in [0.717, 1.165) is 24.6 Å². The van der Waals surface area contributed by atoms with Crippen LogP contribution in [0.3, 0.4) is 0 Å². The van der Waals surface area contributed by atoms with Crippen LogP contribution >= 0.6 is 0 Å². The lowest BCUT2D eigenvalue weighted by molar-refractivity contribution is -0.116. The highest BCUT2D eigenvalue weighted by molar-refractivity contribution is 5.75. The predicted molar refractivity (Wildman–Crippen MR) is 78.4 cm³/mol. The first-order valence-corrected chi connectivity index (χ1v) is 6.72. The number of rotatable bonds is 8. The van der Waals surface area contributed by atoms with Crippen LogP contribution in [0.2, 0.25) is 0 Å². The van der Waals surface area contributed by atoms with Crippen LogP contribution in [-0.2, 0) is 4.79 Å². The number of hydrogen-bond donors (Lipinski definition) is 2. The van der Waals surface area contributed by atoms with Gasteiger partial charge < -0.3 is 10.6 Å². The number of nitrogens with one attached hydrogen (secondary N) is 2. The Labute approximate surface area is 115 Å².